The lowest BCUT2D eigenvalue weighted by molar-refractivity contribution is 0.229. The quantitative estimate of drug-likeness (QED) is 0.846. The molecule has 1 aliphatic rings. The van der Waals surface area contributed by atoms with E-state index < -0.39 is 0 Å². The third kappa shape index (κ3) is 4.15. The first-order chi connectivity index (χ1) is 11.8. The molecule has 0 aliphatic carbocycles. The van der Waals surface area contributed by atoms with Gasteiger partial charge in [0.15, 0.2) is 0 Å². The second-order valence-corrected chi connectivity index (χ2v) is 6.83. The predicted octanol–water partition coefficient (Wildman–Crippen LogP) is 3.63. The fourth-order valence-electron chi connectivity index (χ4n) is 3.23. The largest absolute Gasteiger partial charge is 0.494 e. The third-order valence-electron chi connectivity index (χ3n) is 4.27. The van der Waals surface area contributed by atoms with Crippen LogP contribution in [-0.4, -0.2) is 42.7 Å². The number of nitrogens with one attached hydrogen (secondary N) is 1. The van der Waals surface area contributed by atoms with Crippen LogP contribution in [-0.2, 0) is 0 Å². The Bertz CT molecular complexity index is 642. The molecule has 1 aliphatic heterocycles. The molecule has 4 nitrogen and oxygen atoms in total. The SMILES string of the molecule is CCOc1ccc(Br)cc1C(c1ccccn1)N1CCCNCC1. The average molecular weight is 390 g/mol. The Kier molecular flexibility index (Phi) is 6.24. The zero-order valence-electron chi connectivity index (χ0n) is 14.0. The van der Waals surface area contributed by atoms with Crippen LogP contribution >= 0.6 is 15.9 Å². The van der Waals surface area contributed by atoms with E-state index in [1.165, 1.54) is 5.56 Å². The van der Waals surface area contributed by atoms with Gasteiger partial charge in [-0.2, -0.15) is 0 Å². The van der Waals surface area contributed by atoms with Gasteiger partial charge in [0.05, 0.1) is 18.3 Å². The lowest BCUT2D eigenvalue weighted by Crippen LogP contribution is -2.33. The lowest BCUT2D eigenvalue weighted by atomic mass is 9.99. The van der Waals surface area contributed by atoms with Crippen LogP contribution in [0.1, 0.15) is 30.6 Å². The summed E-state index contributed by atoms with van der Waals surface area (Å²) in [5.41, 5.74) is 2.24. The Morgan fingerprint density at radius 1 is 1.25 bits per heavy atom. The van der Waals surface area contributed by atoms with Gasteiger partial charge in [0.1, 0.15) is 5.75 Å². The highest BCUT2D eigenvalue weighted by Crippen LogP contribution is 2.36. The molecule has 0 amide bonds. The number of benzene rings is 1. The zero-order chi connectivity index (χ0) is 16.8. The predicted molar refractivity (Wildman–Crippen MR) is 100 cm³/mol. The lowest BCUT2D eigenvalue weighted by Gasteiger charge is -2.31. The summed E-state index contributed by atoms with van der Waals surface area (Å²) in [6.07, 6.45) is 3.01. The number of pyridine rings is 1. The molecular weight excluding hydrogens is 366 g/mol. The van der Waals surface area contributed by atoms with Crippen LogP contribution in [0.15, 0.2) is 47.1 Å². The van der Waals surface area contributed by atoms with E-state index in [0.29, 0.717) is 6.61 Å². The molecule has 0 bridgehead atoms. The van der Waals surface area contributed by atoms with E-state index in [2.05, 4.69) is 55.4 Å². The van der Waals surface area contributed by atoms with Crippen molar-refractivity contribution in [1.29, 1.82) is 0 Å². The highest BCUT2D eigenvalue weighted by atomic mass is 79.9. The van der Waals surface area contributed by atoms with Crippen LogP contribution in [0.3, 0.4) is 0 Å². The average Bonchev–Trinajstić information content (AvgIpc) is 2.88. The molecule has 1 fully saturated rings. The molecule has 0 radical (unpaired) electrons. The fraction of sp³-hybridized carbons (Fsp3) is 0.421. The molecule has 2 heterocycles. The van der Waals surface area contributed by atoms with Gasteiger partial charge in [0.25, 0.3) is 0 Å². The summed E-state index contributed by atoms with van der Waals surface area (Å²) < 4.78 is 6.99. The summed E-state index contributed by atoms with van der Waals surface area (Å²) in [5, 5.41) is 3.48. The molecule has 1 aromatic heterocycles. The smallest absolute Gasteiger partial charge is 0.124 e. The van der Waals surface area contributed by atoms with E-state index in [9.17, 15) is 0 Å². The second-order valence-electron chi connectivity index (χ2n) is 5.91. The van der Waals surface area contributed by atoms with Crippen molar-refractivity contribution < 1.29 is 4.74 Å². The standard InChI is InChI=1S/C19H24BrN3O/c1-2-24-18-8-7-15(20)14-16(18)19(17-6-3-4-10-22-17)23-12-5-9-21-11-13-23/h3-4,6-8,10,14,19,21H,2,5,9,11-13H2,1H3. The Morgan fingerprint density at radius 3 is 2.96 bits per heavy atom. The fourth-order valence-corrected chi connectivity index (χ4v) is 3.60. The maximum atomic E-state index is 5.93. The molecule has 1 N–H and O–H groups in total. The Balaban J connectivity index is 2.05. The molecule has 3 rings (SSSR count). The maximum absolute atomic E-state index is 5.93. The summed E-state index contributed by atoms with van der Waals surface area (Å²) in [6, 6.07) is 12.5. The van der Waals surface area contributed by atoms with Crippen LogP contribution in [0, 0.1) is 0 Å². The van der Waals surface area contributed by atoms with Crippen molar-refractivity contribution in [3.63, 3.8) is 0 Å². The maximum Gasteiger partial charge on any atom is 0.124 e. The van der Waals surface area contributed by atoms with Crippen molar-refractivity contribution in [1.82, 2.24) is 15.2 Å². The van der Waals surface area contributed by atoms with Crippen LogP contribution in [0.5, 0.6) is 5.75 Å². The van der Waals surface area contributed by atoms with Gasteiger partial charge in [-0.1, -0.05) is 22.0 Å². The third-order valence-corrected chi connectivity index (χ3v) is 4.77. The van der Waals surface area contributed by atoms with Crippen molar-refractivity contribution in [3.05, 3.63) is 58.3 Å². The number of hydrogen-bond donors (Lipinski definition) is 1. The normalized spacial score (nSPS) is 17.2. The summed E-state index contributed by atoms with van der Waals surface area (Å²) in [7, 11) is 0. The minimum atomic E-state index is 0.102. The molecule has 0 saturated carbocycles. The van der Waals surface area contributed by atoms with Gasteiger partial charge in [0, 0.05) is 35.9 Å². The van der Waals surface area contributed by atoms with Crippen molar-refractivity contribution in [2.24, 2.45) is 0 Å². The first-order valence-electron chi connectivity index (χ1n) is 8.57. The molecule has 0 spiro atoms. The van der Waals surface area contributed by atoms with Crippen molar-refractivity contribution >= 4 is 15.9 Å². The topological polar surface area (TPSA) is 37.4 Å². The van der Waals surface area contributed by atoms with Crippen molar-refractivity contribution in [2.75, 3.05) is 32.8 Å². The van der Waals surface area contributed by atoms with Gasteiger partial charge in [-0.25, -0.2) is 0 Å². The molecule has 128 valence electrons. The second kappa shape index (κ2) is 8.60. The number of halogens is 1. The summed E-state index contributed by atoms with van der Waals surface area (Å²) in [5.74, 6) is 0.938. The molecule has 1 aromatic carbocycles. The number of aromatic nitrogens is 1. The van der Waals surface area contributed by atoms with E-state index >= 15 is 0 Å². The van der Waals surface area contributed by atoms with Crippen LogP contribution < -0.4 is 10.1 Å². The molecule has 1 atom stereocenters. The zero-order valence-corrected chi connectivity index (χ0v) is 15.6. The van der Waals surface area contributed by atoms with Crippen molar-refractivity contribution in [2.45, 2.75) is 19.4 Å². The van der Waals surface area contributed by atoms with Crippen LogP contribution in [0.25, 0.3) is 0 Å². The number of ether oxygens (including phenoxy) is 1. The summed E-state index contributed by atoms with van der Waals surface area (Å²) >= 11 is 3.62. The first kappa shape index (κ1) is 17.4. The Labute approximate surface area is 152 Å². The molecule has 1 unspecified atom stereocenters. The number of hydrogen-bond acceptors (Lipinski definition) is 4. The number of rotatable bonds is 5. The monoisotopic (exact) mass is 389 g/mol. The number of nitrogens with zero attached hydrogens (tertiary/aromatic N) is 2. The van der Waals surface area contributed by atoms with E-state index in [1.54, 1.807) is 0 Å². The Hall–Kier alpha value is -1.43. The van der Waals surface area contributed by atoms with E-state index in [4.69, 9.17) is 4.74 Å². The molecule has 1 saturated heterocycles. The van der Waals surface area contributed by atoms with E-state index in [-0.39, 0.29) is 6.04 Å². The molecular formula is C19H24BrN3O. The highest BCUT2D eigenvalue weighted by molar-refractivity contribution is 9.10. The summed E-state index contributed by atoms with van der Waals surface area (Å²) in [4.78, 5) is 7.17. The van der Waals surface area contributed by atoms with Gasteiger partial charge >= 0.3 is 0 Å². The Morgan fingerprint density at radius 2 is 2.17 bits per heavy atom. The van der Waals surface area contributed by atoms with Gasteiger partial charge in [-0.05, 0) is 50.2 Å². The molecule has 2 aromatic rings. The van der Waals surface area contributed by atoms with Gasteiger partial charge in [0.2, 0.25) is 0 Å². The van der Waals surface area contributed by atoms with Crippen LogP contribution in [0.2, 0.25) is 0 Å². The molecule has 5 heteroatoms. The van der Waals surface area contributed by atoms with E-state index in [1.807, 2.05) is 25.3 Å². The van der Waals surface area contributed by atoms with E-state index in [0.717, 1.165) is 48.5 Å². The van der Waals surface area contributed by atoms with Crippen molar-refractivity contribution in [3.8, 4) is 5.75 Å². The van der Waals surface area contributed by atoms with Gasteiger partial charge in [-0.3, -0.25) is 9.88 Å². The first-order valence-corrected chi connectivity index (χ1v) is 9.37. The highest BCUT2D eigenvalue weighted by Gasteiger charge is 2.27. The van der Waals surface area contributed by atoms with Crippen LogP contribution in [0.4, 0.5) is 0 Å². The minimum Gasteiger partial charge on any atom is -0.494 e. The molecule has 24 heavy (non-hydrogen) atoms. The minimum absolute atomic E-state index is 0.102. The summed E-state index contributed by atoms with van der Waals surface area (Å²) in [6.45, 7) is 6.80. The van der Waals surface area contributed by atoms with Gasteiger partial charge < -0.3 is 10.1 Å². The van der Waals surface area contributed by atoms with Gasteiger partial charge in [-0.15, -0.1) is 0 Å².